The summed E-state index contributed by atoms with van der Waals surface area (Å²) in [4.78, 5) is 45.4. The Balaban J connectivity index is 1.57. The largest absolute Gasteiger partial charge is 0.494 e. The van der Waals surface area contributed by atoms with Crippen molar-refractivity contribution in [2.75, 3.05) is 6.61 Å². The number of amides is 1. The molecule has 0 atom stereocenters. The number of benzene rings is 2. The lowest BCUT2D eigenvalue weighted by molar-refractivity contribution is -0.133. The van der Waals surface area contributed by atoms with Crippen molar-refractivity contribution in [3.8, 4) is 5.75 Å². The maximum Gasteiger partial charge on any atom is 0.258 e. The molecule has 31 heavy (non-hydrogen) atoms. The Morgan fingerprint density at radius 2 is 1.81 bits per heavy atom. The molecule has 1 amide bonds. The molecule has 0 unspecified atom stereocenters. The maximum absolute atomic E-state index is 12.8. The number of rotatable bonds is 9. The molecule has 0 radical (unpaired) electrons. The van der Waals surface area contributed by atoms with Crippen LogP contribution in [0.4, 0.5) is 0 Å². The number of para-hydroxylation sites is 1. The number of aromatic nitrogens is 2. The topological polar surface area (TPSA) is 92.4 Å². The molecule has 0 saturated heterocycles. The van der Waals surface area contributed by atoms with Gasteiger partial charge in [0.25, 0.3) is 5.56 Å². The number of nitrogens with zero attached hydrogens (tertiary/aromatic N) is 2. The fourth-order valence-corrected chi connectivity index (χ4v) is 3.27. The van der Waals surface area contributed by atoms with E-state index in [0.29, 0.717) is 47.5 Å². The summed E-state index contributed by atoms with van der Waals surface area (Å²) >= 11 is 0. The number of hydrogen-bond donors (Lipinski definition) is 1. The highest BCUT2D eigenvalue weighted by molar-refractivity contribution is 5.94. The van der Waals surface area contributed by atoms with E-state index in [4.69, 9.17) is 4.74 Å². The Bertz CT molecular complexity index is 1120. The van der Waals surface area contributed by atoms with Gasteiger partial charge in [0, 0.05) is 18.0 Å². The molecule has 1 N–H and O–H groups in total. The first-order chi connectivity index (χ1) is 14.8. The van der Waals surface area contributed by atoms with Crippen LogP contribution in [0.5, 0.6) is 5.75 Å². The molecular formula is C24H27N3O4. The van der Waals surface area contributed by atoms with E-state index < -0.39 is 0 Å². The van der Waals surface area contributed by atoms with Gasteiger partial charge in [0.05, 0.1) is 24.1 Å². The van der Waals surface area contributed by atoms with E-state index in [2.05, 4.69) is 9.97 Å². The second-order valence-corrected chi connectivity index (χ2v) is 7.68. The number of carbonyl (C=O) groups is 2. The van der Waals surface area contributed by atoms with Crippen LogP contribution in [0.25, 0.3) is 10.9 Å². The Morgan fingerprint density at radius 3 is 2.48 bits per heavy atom. The molecule has 3 rings (SSSR count). The number of H-pyrrole nitrogens is 1. The zero-order chi connectivity index (χ0) is 22.4. The molecule has 1 heterocycles. The van der Waals surface area contributed by atoms with Gasteiger partial charge in [0.2, 0.25) is 5.91 Å². The van der Waals surface area contributed by atoms with Crippen LogP contribution < -0.4 is 10.3 Å². The van der Waals surface area contributed by atoms with Crippen LogP contribution >= 0.6 is 0 Å². The zero-order valence-corrected chi connectivity index (χ0v) is 18.1. The predicted octanol–water partition coefficient (Wildman–Crippen LogP) is 3.72. The monoisotopic (exact) mass is 421 g/mol. The fraction of sp³-hybridized carbons (Fsp3) is 0.333. The van der Waals surface area contributed by atoms with Gasteiger partial charge < -0.3 is 14.6 Å². The van der Waals surface area contributed by atoms with Crippen LogP contribution in [0.15, 0.2) is 53.3 Å². The van der Waals surface area contributed by atoms with Crippen molar-refractivity contribution < 1.29 is 14.3 Å². The van der Waals surface area contributed by atoms with Crippen molar-refractivity contribution in [2.24, 2.45) is 0 Å². The summed E-state index contributed by atoms with van der Waals surface area (Å²) in [5, 5.41) is 0.530. The average Bonchev–Trinajstić information content (AvgIpc) is 2.75. The molecule has 0 aliphatic rings. The second-order valence-electron chi connectivity index (χ2n) is 7.68. The summed E-state index contributed by atoms with van der Waals surface area (Å²) in [6.45, 7) is 6.02. The van der Waals surface area contributed by atoms with E-state index in [1.165, 1.54) is 6.92 Å². The van der Waals surface area contributed by atoms with Crippen LogP contribution in [0.1, 0.15) is 49.8 Å². The second kappa shape index (κ2) is 10.0. The minimum Gasteiger partial charge on any atom is -0.494 e. The number of nitrogens with one attached hydrogen (secondary N) is 1. The minimum absolute atomic E-state index is 0.00757. The van der Waals surface area contributed by atoms with Gasteiger partial charge in [-0.05, 0) is 63.6 Å². The summed E-state index contributed by atoms with van der Waals surface area (Å²) < 4.78 is 5.67. The Kier molecular flexibility index (Phi) is 7.18. The van der Waals surface area contributed by atoms with E-state index in [1.54, 1.807) is 47.4 Å². The summed E-state index contributed by atoms with van der Waals surface area (Å²) in [6.07, 6.45) is 0.875. The van der Waals surface area contributed by atoms with Gasteiger partial charge >= 0.3 is 0 Å². The Hall–Kier alpha value is -3.48. The molecular weight excluding hydrogens is 394 g/mol. The zero-order valence-electron chi connectivity index (χ0n) is 18.1. The lowest BCUT2D eigenvalue weighted by atomic mass is 10.1. The van der Waals surface area contributed by atoms with Gasteiger partial charge in [-0.2, -0.15) is 0 Å². The standard InChI is InChI=1S/C24H27N3O4/c1-16(2)27(15-22-25-21-8-5-4-7-20(21)24(30)26-22)23(29)9-6-14-31-19-12-10-18(11-13-19)17(3)28/h4-5,7-8,10-13,16H,6,9,14-15H2,1-3H3,(H,25,26,30). The fourth-order valence-electron chi connectivity index (χ4n) is 3.27. The van der Waals surface area contributed by atoms with E-state index in [9.17, 15) is 14.4 Å². The highest BCUT2D eigenvalue weighted by Gasteiger charge is 2.18. The van der Waals surface area contributed by atoms with Crippen molar-refractivity contribution in [3.63, 3.8) is 0 Å². The summed E-state index contributed by atoms with van der Waals surface area (Å²) in [6, 6.07) is 14.0. The number of carbonyl (C=O) groups excluding carboxylic acids is 2. The minimum atomic E-state index is -0.207. The SMILES string of the molecule is CC(=O)c1ccc(OCCCC(=O)N(Cc2nc3ccccc3c(=O)[nH]2)C(C)C)cc1. The van der Waals surface area contributed by atoms with Gasteiger partial charge in [0.1, 0.15) is 11.6 Å². The third-order valence-corrected chi connectivity index (χ3v) is 4.99. The van der Waals surface area contributed by atoms with Gasteiger partial charge in [-0.15, -0.1) is 0 Å². The Morgan fingerprint density at radius 1 is 1.10 bits per heavy atom. The number of ketones is 1. The van der Waals surface area contributed by atoms with E-state index in [0.717, 1.165) is 0 Å². The number of fused-ring (bicyclic) bond motifs is 1. The van der Waals surface area contributed by atoms with Gasteiger partial charge in [-0.3, -0.25) is 14.4 Å². The van der Waals surface area contributed by atoms with Crippen molar-refractivity contribution in [1.82, 2.24) is 14.9 Å². The third kappa shape index (κ3) is 5.78. The molecule has 7 heteroatoms. The lowest BCUT2D eigenvalue weighted by Crippen LogP contribution is -2.37. The maximum atomic E-state index is 12.8. The molecule has 0 saturated carbocycles. The molecule has 7 nitrogen and oxygen atoms in total. The summed E-state index contributed by atoms with van der Waals surface area (Å²) in [5.41, 5.74) is 1.04. The molecule has 3 aromatic rings. The number of ether oxygens (including phenoxy) is 1. The van der Waals surface area contributed by atoms with E-state index in [1.807, 2.05) is 19.9 Å². The van der Waals surface area contributed by atoms with Crippen LogP contribution in [-0.4, -0.2) is 39.2 Å². The Labute approximate surface area is 181 Å². The average molecular weight is 421 g/mol. The predicted molar refractivity (Wildman–Crippen MR) is 119 cm³/mol. The van der Waals surface area contributed by atoms with Crippen molar-refractivity contribution in [2.45, 2.75) is 46.2 Å². The molecule has 0 aliphatic heterocycles. The van der Waals surface area contributed by atoms with Crippen LogP contribution in [0.2, 0.25) is 0 Å². The summed E-state index contributed by atoms with van der Waals surface area (Å²) in [7, 11) is 0. The van der Waals surface area contributed by atoms with Crippen molar-refractivity contribution in [1.29, 1.82) is 0 Å². The van der Waals surface area contributed by atoms with Crippen molar-refractivity contribution in [3.05, 3.63) is 70.3 Å². The number of aromatic amines is 1. The quantitative estimate of drug-likeness (QED) is 0.420. The van der Waals surface area contributed by atoms with Crippen LogP contribution in [0, 0.1) is 0 Å². The highest BCUT2D eigenvalue weighted by Crippen LogP contribution is 2.14. The van der Waals surface area contributed by atoms with Crippen molar-refractivity contribution >= 4 is 22.6 Å². The third-order valence-electron chi connectivity index (χ3n) is 4.99. The molecule has 2 aromatic carbocycles. The lowest BCUT2D eigenvalue weighted by Gasteiger charge is -2.26. The molecule has 162 valence electrons. The van der Waals surface area contributed by atoms with Crippen LogP contribution in [0.3, 0.4) is 0 Å². The first-order valence-corrected chi connectivity index (χ1v) is 10.4. The number of hydrogen-bond acceptors (Lipinski definition) is 5. The molecule has 0 spiro atoms. The van der Waals surface area contributed by atoms with Gasteiger partial charge in [-0.25, -0.2) is 4.98 Å². The first kappa shape index (κ1) is 22.2. The normalized spacial score (nSPS) is 11.0. The van der Waals surface area contributed by atoms with E-state index in [-0.39, 0.29) is 29.8 Å². The summed E-state index contributed by atoms with van der Waals surface area (Å²) in [5.74, 6) is 1.11. The smallest absolute Gasteiger partial charge is 0.258 e. The van der Waals surface area contributed by atoms with E-state index >= 15 is 0 Å². The van der Waals surface area contributed by atoms with Gasteiger partial charge in [-0.1, -0.05) is 12.1 Å². The molecule has 1 aromatic heterocycles. The van der Waals surface area contributed by atoms with Gasteiger partial charge in [0.15, 0.2) is 5.78 Å². The molecule has 0 aliphatic carbocycles. The highest BCUT2D eigenvalue weighted by atomic mass is 16.5. The van der Waals surface area contributed by atoms with Crippen LogP contribution in [-0.2, 0) is 11.3 Å². The number of Topliss-reactive ketones (excluding diaryl/α,β-unsaturated/α-hetero) is 1. The molecule has 0 bridgehead atoms. The molecule has 0 fully saturated rings. The first-order valence-electron chi connectivity index (χ1n) is 10.4.